The Morgan fingerprint density at radius 2 is 1.34 bits per heavy atom. The molecule has 0 spiro atoms. The number of ether oxygens (including phenoxy) is 3. The number of nitrogens with one attached hydrogen (secondary N) is 2. The fraction of sp³-hybridized carbons (Fsp3) is 0.432. The van der Waals surface area contributed by atoms with Crippen molar-refractivity contribution in [1.82, 2.24) is 19.1 Å². The molecule has 1 unspecified atom stereocenters. The van der Waals surface area contributed by atoms with Crippen LogP contribution >= 0.6 is 6.72 Å². The molecule has 0 bridgehead atoms. The van der Waals surface area contributed by atoms with Gasteiger partial charge in [0.15, 0.2) is 0 Å². The Bertz CT molecular complexity index is 2260. The van der Waals surface area contributed by atoms with Gasteiger partial charge in [-0.15, -0.1) is 0 Å². The fourth-order valence-electron chi connectivity index (χ4n) is 6.96. The van der Waals surface area contributed by atoms with Crippen LogP contribution in [0.2, 0.25) is 12.6 Å². The Labute approximate surface area is 327 Å². The summed E-state index contributed by atoms with van der Waals surface area (Å²) in [5, 5.41) is 12.7. The molecule has 2 aliphatic rings. The molecule has 4 heterocycles. The van der Waals surface area contributed by atoms with Gasteiger partial charge in [-0.2, -0.15) is 0 Å². The average molecular weight is 829 g/mol. The maximum absolute atomic E-state index is 12.8. The summed E-state index contributed by atoms with van der Waals surface area (Å²) in [4.78, 5) is 66.3. The van der Waals surface area contributed by atoms with E-state index in [1.807, 2.05) is 36.4 Å². The van der Waals surface area contributed by atoms with E-state index >= 15 is 0 Å². The molecule has 19 heteroatoms. The lowest BCUT2D eigenvalue weighted by Gasteiger charge is -2.31. The first kappa shape index (κ1) is 41.5. The number of carbonyl (C=O) groups is 1. The van der Waals surface area contributed by atoms with E-state index in [0.717, 1.165) is 0 Å². The molecular weight excluding hydrogens is 784 g/mol. The van der Waals surface area contributed by atoms with Gasteiger partial charge < -0.3 is 32.9 Å². The quantitative estimate of drug-likeness (QED) is 0.0890. The number of aliphatic hydroxyl groups is 1. The van der Waals surface area contributed by atoms with Crippen molar-refractivity contribution in [1.29, 1.82) is 0 Å². The summed E-state index contributed by atoms with van der Waals surface area (Å²) in [7, 11) is -2.41. The second-order valence-corrected chi connectivity index (χ2v) is 21.3. The van der Waals surface area contributed by atoms with Gasteiger partial charge in [0, 0.05) is 43.3 Å². The lowest BCUT2D eigenvalue weighted by atomic mass is 10.2. The third-order valence-electron chi connectivity index (χ3n) is 10.1. The highest BCUT2D eigenvalue weighted by Crippen LogP contribution is 2.54. The number of carbonyl (C=O) groups excluding carboxylic acids is 1. The zero-order valence-electron chi connectivity index (χ0n) is 31.3. The Kier molecular flexibility index (Phi) is 13.0. The molecule has 2 aliphatic heterocycles. The molecule has 300 valence electrons. The number of esters is 1. The number of aryl methyl sites for hydroxylation is 2. The zero-order valence-corrected chi connectivity index (χ0v) is 34.0. The van der Waals surface area contributed by atoms with Gasteiger partial charge in [0.1, 0.15) is 38.8 Å². The van der Waals surface area contributed by atoms with Gasteiger partial charge in [0.25, 0.3) is 11.1 Å². The third-order valence-corrected chi connectivity index (χ3v) is 16.9. The van der Waals surface area contributed by atoms with E-state index < -0.39 is 86.7 Å². The molecule has 2 fully saturated rings. The number of aromatic nitrogens is 4. The zero-order chi connectivity index (χ0) is 40.2. The highest BCUT2D eigenvalue weighted by Gasteiger charge is 2.44. The minimum atomic E-state index is -3.78. The van der Waals surface area contributed by atoms with Crippen LogP contribution in [-0.2, 0) is 44.4 Å². The number of hydrogen-bond acceptors (Lipinski definition) is 13. The largest absolute Gasteiger partial charge is 0.460 e. The lowest BCUT2D eigenvalue weighted by Crippen LogP contribution is -2.56. The van der Waals surface area contributed by atoms with Crippen LogP contribution in [0, 0.1) is 13.8 Å². The van der Waals surface area contributed by atoms with Gasteiger partial charge >= 0.3 is 24.1 Å². The van der Waals surface area contributed by atoms with Crippen LogP contribution in [0.3, 0.4) is 0 Å². The van der Waals surface area contributed by atoms with Crippen molar-refractivity contribution in [2.75, 3.05) is 19.8 Å². The van der Waals surface area contributed by atoms with Crippen LogP contribution < -0.4 is 32.9 Å². The number of aromatic amines is 2. The predicted molar refractivity (Wildman–Crippen MR) is 211 cm³/mol. The maximum Gasteiger partial charge on any atom is 0.330 e. The topological polar surface area (TPSA) is 202 Å². The monoisotopic (exact) mass is 828 g/mol. The number of H-pyrrole nitrogens is 2. The van der Waals surface area contributed by atoms with Crippen LogP contribution in [0.15, 0.2) is 92.2 Å². The summed E-state index contributed by atoms with van der Waals surface area (Å²) in [6.07, 6.45) is -2.62. The summed E-state index contributed by atoms with van der Waals surface area (Å²) >= 11 is 6.06. The Balaban J connectivity index is 1.27. The van der Waals surface area contributed by atoms with Crippen LogP contribution in [0.4, 0.5) is 0 Å². The molecule has 0 aliphatic carbocycles. The summed E-state index contributed by atoms with van der Waals surface area (Å²) in [6.45, 7) is 2.16. The van der Waals surface area contributed by atoms with E-state index in [1.165, 1.54) is 38.8 Å². The Morgan fingerprint density at radius 3 is 1.84 bits per heavy atom. The maximum atomic E-state index is 12.8. The molecule has 0 radical (unpaired) electrons. The standard InChI is InChI=1S/C37H45N4O12PSSi/c1-23-19-40(36(46)38-34(23)44)32-17-28(50-25(3)43)31(52-32)22-49-54(55,48-15-16-56(4,26-11-7-5-8-12-26)27-13-9-6-10-14-27)53-29-18-33(51-30(29)21-42)41-20-24(2)35(45)39-37(41)47/h5-14,19-20,28-33,42H,15-18,21-22H2,1-4H3,(H,38,44,46)(H,39,45,47)/t28-,29-,30+,31+,32+,33+,54?/m0/s1. The smallest absolute Gasteiger partial charge is 0.330 e. The van der Waals surface area contributed by atoms with Gasteiger partial charge in [-0.05, 0) is 31.7 Å². The minimum Gasteiger partial charge on any atom is -0.460 e. The highest BCUT2D eigenvalue weighted by atomic mass is 32.5. The third kappa shape index (κ3) is 9.36. The molecule has 0 saturated carbocycles. The molecule has 2 aromatic carbocycles. The van der Waals surface area contributed by atoms with Crippen molar-refractivity contribution in [3.05, 3.63) is 126 Å². The van der Waals surface area contributed by atoms with Crippen molar-refractivity contribution in [3.63, 3.8) is 0 Å². The van der Waals surface area contributed by atoms with Crippen LogP contribution in [0.25, 0.3) is 0 Å². The summed E-state index contributed by atoms with van der Waals surface area (Å²) < 4.78 is 39.5. The van der Waals surface area contributed by atoms with Crippen molar-refractivity contribution in [2.24, 2.45) is 0 Å². The van der Waals surface area contributed by atoms with Gasteiger partial charge in [0.2, 0.25) is 0 Å². The molecule has 3 N–H and O–H groups in total. The molecule has 56 heavy (non-hydrogen) atoms. The Hall–Kier alpha value is -4.10. The van der Waals surface area contributed by atoms with Crippen molar-refractivity contribution in [2.45, 2.75) is 83.1 Å². The normalized spacial score (nSPS) is 23.5. The Morgan fingerprint density at radius 1 is 0.839 bits per heavy atom. The number of aliphatic hydroxyl groups excluding tert-OH is 1. The van der Waals surface area contributed by atoms with Crippen LogP contribution in [0.5, 0.6) is 0 Å². The first-order valence-electron chi connectivity index (χ1n) is 18.1. The summed E-state index contributed by atoms with van der Waals surface area (Å²) in [6, 6.07) is 20.9. The van der Waals surface area contributed by atoms with E-state index in [0.29, 0.717) is 6.04 Å². The van der Waals surface area contributed by atoms with E-state index in [-0.39, 0.29) is 37.2 Å². The van der Waals surface area contributed by atoms with Gasteiger partial charge in [-0.3, -0.25) is 33.5 Å². The summed E-state index contributed by atoms with van der Waals surface area (Å²) in [5.41, 5.74) is -1.88. The van der Waals surface area contributed by atoms with Crippen LogP contribution in [-0.4, -0.2) is 82.5 Å². The van der Waals surface area contributed by atoms with Gasteiger partial charge in [-0.1, -0.05) is 77.6 Å². The SMILES string of the molecule is CC(=O)O[C@H]1C[C@H](n2cc(C)c(=O)[nH]c2=O)O[C@@H]1COP(=S)(OCC[Si](C)(c1ccccc1)c1ccccc1)O[C@H]1C[C@H](n2cc(C)c(=O)[nH]c2=O)O[C@@H]1CO. The van der Waals surface area contributed by atoms with E-state index in [4.69, 9.17) is 39.6 Å². The van der Waals surface area contributed by atoms with Crippen molar-refractivity contribution >= 4 is 42.9 Å². The van der Waals surface area contributed by atoms with Crippen LogP contribution in [0.1, 0.15) is 43.3 Å². The molecule has 7 atom stereocenters. The lowest BCUT2D eigenvalue weighted by molar-refractivity contribution is -0.150. The van der Waals surface area contributed by atoms with Crippen molar-refractivity contribution in [3.8, 4) is 0 Å². The molecule has 6 rings (SSSR count). The second-order valence-electron chi connectivity index (χ2n) is 14.1. The fourth-order valence-corrected chi connectivity index (χ4v) is 12.5. The van der Waals surface area contributed by atoms with Gasteiger partial charge in [-0.25, -0.2) is 9.59 Å². The highest BCUT2D eigenvalue weighted by molar-refractivity contribution is 8.07. The first-order chi connectivity index (χ1) is 26.7. The molecular formula is C37H45N4O12PSSi. The number of rotatable bonds is 15. The molecule has 2 saturated heterocycles. The number of hydrogen-bond donors (Lipinski definition) is 3. The number of nitrogens with zero attached hydrogens (tertiary/aromatic N) is 2. The molecule has 4 aromatic rings. The average Bonchev–Trinajstić information content (AvgIpc) is 3.77. The molecule has 0 amide bonds. The first-order valence-corrected chi connectivity index (χ1v) is 23.4. The predicted octanol–water partition coefficient (Wildman–Crippen LogP) is 1.74. The van der Waals surface area contributed by atoms with Crippen molar-refractivity contribution < 1.29 is 37.7 Å². The van der Waals surface area contributed by atoms with E-state index in [2.05, 4.69) is 40.8 Å². The second kappa shape index (κ2) is 17.6. The minimum absolute atomic E-state index is 0.0504. The van der Waals surface area contributed by atoms with E-state index in [1.54, 1.807) is 13.8 Å². The van der Waals surface area contributed by atoms with Gasteiger partial charge in [0.05, 0.1) is 25.9 Å². The summed E-state index contributed by atoms with van der Waals surface area (Å²) in [5.74, 6) is -0.583. The number of benzene rings is 2. The van der Waals surface area contributed by atoms with E-state index in [9.17, 15) is 29.1 Å². The molecule has 16 nitrogen and oxygen atoms in total. The molecule has 2 aromatic heterocycles.